The molecule has 0 atom stereocenters. The van der Waals surface area contributed by atoms with Crippen molar-refractivity contribution in [3.05, 3.63) is 57.6 Å². The number of hydrogen-bond donors (Lipinski definition) is 2. The van der Waals surface area contributed by atoms with E-state index in [4.69, 9.17) is 4.74 Å². The molecule has 2 aromatic carbocycles. The van der Waals surface area contributed by atoms with E-state index in [1.807, 2.05) is 24.5 Å². The maximum absolute atomic E-state index is 11.9. The molecule has 10 heteroatoms. The predicted molar refractivity (Wildman–Crippen MR) is 99.3 cm³/mol. The van der Waals surface area contributed by atoms with Gasteiger partial charge in [0, 0.05) is 23.1 Å². The third-order valence-electron chi connectivity index (χ3n) is 3.68. The first-order valence-electron chi connectivity index (χ1n) is 8.12. The summed E-state index contributed by atoms with van der Waals surface area (Å²) in [4.78, 5) is 33.7. The van der Waals surface area contributed by atoms with Crippen LogP contribution in [0.15, 0.2) is 41.5 Å². The van der Waals surface area contributed by atoms with Crippen molar-refractivity contribution in [2.75, 3.05) is 12.4 Å². The van der Waals surface area contributed by atoms with E-state index < -0.39 is 28.2 Å². The Kier molecular flexibility index (Phi) is 6.63. The topological polar surface area (TPSA) is 146 Å². The maximum atomic E-state index is 11.9. The van der Waals surface area contributed by atoms with Crippen molar-refractivity contribution in [2.24, 2.45) is 5.10 Å². The molecule has 0 aliphatic rings. The summed E-state index contributed by atoms with van der Waals surface area (Å²) in [5, 5.41) is 28.6. The van der Waals surface area contributed by atoms with Crippen LogP contribution in [0.5, 0.6) is 11.5 Å². The second kappa shape index (κ2) is 9.12. The zero-order valence-electron chi connectivity index (χ0n) is 15.1. The van der Waals surface area contributed by atoms with Gasteiger partial charge in [-0.2, -0.15) is 5.10 Å². The zero-order chi connectivity index (χ0) is 20.7. The summed E-state index contributed by atoms with van der Waals surface area (Å²) in [6, 6.07) is 9.19. The number of ether oxygens (including phenoxy) is 1. The molecule has 146 valence electrons. The number of nitrogens with one attached hydrogen (secondary N) is 2. The average Bonchev–Trinajstić information content (AvgIpc) is 2.69. The fourth-order valence-electron chi connectivity index (χ4n) is 2.20. The number of rotatable bonds is 6. The lowest BCUT2D eigenvalue weighted by molar-refractivity contribution is -0.398. The normalized spacial score (nSPS) is 10.5. The largest absolute Gasteiger partial charge is 0.865 e. The lowest BCUT2D eigenvalue weighted by atomic mass is 10.1. The minimum Gasteiger partial charge on any atom is -0.865 e. The van der Waals surface area contributed by atoms with Gasteiger partial charge in [-0.1, -0.05) is 19.1 Å². The molecule has 2 amide bonds. The van der Waals surface area contributed by atoms with E-state index in [9.17, 15) is 24.8 Å². The maximum Gasteiger partial charge on any atom is 0.329 e. The number of hydrogen-bond acceptors (Lipinski definition) is 7. The third kappa shape index (κ3) is 5.04. The first kappa shape index (κ1) is 20.4. The van der Waals surface area contributed by atoms with Crippen LogP contribution in [0.2, 0.25) is 0 Å². The lowest BCUT2D eigenvalue weighted by Gasteiger charge is -2.12. The SMILES string of the molecule is CCc1ccc(NC(=O)C(=O)N/N=C\c2cc(OC)c([O-])c([N+](=O)[O-])c2)cc1. The number of anilines is 1. The molecule has 0 aromatic heterocycles. The van der Waals surface area contributed by atoms with Gasteiger partial charge in [0.15, 0.2) is 0 Å². The van der Waals surface area contributed by atoms with E-state index >= 15 is 0 Å². The molecule has 0 fully saturated rings. The number of hydrazone groups is 1. The fraction of sp³-hybridized carbons (Fsp3) is 0.167. The second-order valence-electron chi connectivity index (χ2n) is 5.53. The molecular weight excluding hydrogens is 368 g/mol. The molecule has 2 rings (SSSR count). The van der Waals surface area contributed by atoms with Crippen LogP contribution >= 0.6 is 0 Å². The zero-order valence-corrected chi connectivity index (χ0v) is 15.1. The molecule has 0 radical (unpaired) electrons. The average molecular weight is 385 g/mol. The number of nitro benzene ring substituents is 1. The van der Waals surface area contributed by atoms with E-state index in [-0.39, 0.29) is 11.3 Å². The number of carbonyl (C=O) groups excluding carboxylic acids is 2. The summed E-state index contributed by atoms with van der Waals surface area (Å²) >= 11 is 0. The van der Waals surface area contributed by atoms with Crippen LogP contribution in [0.25, 0.3) is 0 Å². The van der Waals surface area contributed by atoms with Gasteiger partial charge in [-0.3, -0.25) is 19.7 Å². The van der Waals surface area contributed by atoms with Crippen molar-refractivity contribution >= 4 is 29.4 Å². The van der Waals surface area contributed by atoms with Gasteiger partial charge >= 0.3 is 11.8 Å². The number of nitrogens with zero attached hydrogens (tertiary/aromatic N) is 2. The van der Waals surface area contributed by atoms with Gasteiger partial charge in [-0.15, -0.1) is 0 Å². The van der Waals surface area contributed by atoms with Crippen LogP contribution in [0.4, 0.5) is 11.4 Å². The molecule has 10 nitrogen and oxygen atoms in total. The molecule has 2 aromatic rings. The second-order valence-corrected chi connectivity index (χ2v) is 5.53. The summed E-state index contributed by atoms with van der Waals surface area (Å²) in [6.07, 6.45) is 1.90. The van der Waals surface area contributed by atoms with E-state index in [1.54, 1.807) is 12.1 Å². The van der Waals surface area contributed by atoms with Gasteiger partial charge in [-0.05, 0) is 30.2 Å². The van der Waals surface area contributed by atoms with Crippen molar-refractivity contribution in [2.45, 2.75) is 13.3 Å². The van der Waals surface area contributed by atoms with Crippen LogP contribution in [0.3, 0.4) is 0 Å². The highest BCUT2D eigenvalue weighted by molar-refractivity contribution is 6.39. The molecule has 0 aliphatic heterocycles. The minimum atomic E-state index is -1.03. The first-order valence-corrected chi connectivity index (χ1v) is 8.12. The monoisotopic (exact) mass is 385 g/mol. The molecule has 28 heavy (non-hydrogen) atoms. The van der Waals surface area contributed by atoms with E-state index in [1.165, 1.54) is 13.2 Å². The van der Waals surface area contributed by atoms with Crippen LogP contribution in [-0.2, 0) is 16.0 Å². The summed E-state index contributed by atoms with van der Waals surface area (Å²) < 4.78 is 4.79. The van der Waals surface area contributed by atoms with E-state index in [2.05, 4.69) is 10.4 Å². The highest BCUT2D eigenvalue weighted by Crippen LogP contribution is 2.33. The molecular formula is C18H17N4O6-. The molecule has 0 spiro atoms. The summed E-state index contributed by atoms with van der Waals surface area (Å²) in [7, 11) is 1.19. The Morgan fingerprint density at radius 3 is 2.46 bits per heavy atom. The Balaban J connectivity index is 2.03. The number of amides is 2. The Morgan fingerprint density at radius 1 is 1.21 bits per heavy atom. The van der Waals surface area contributed by atoms with Gasteiger partial charge in [0.1, 0.15) is 5.75 Å². The van der Waals surface area contributed by atoms with E-state index in [0.29, 0.717) is 5.69 Å². The summed E-state index contributed by atoms with van der Waals surface area (Å²) in [6.45, 7) is 1.99. The minimum absolute atomic E-state index is 0.138. The predicted octanol–water partition coefficient (Wildman–Crippen LogP) is 1.33. The Bertz CT molecular complexity index is 924. The number of methoxy groups -OCH3 is 1. The standard InChI is InChI=1S/C18H18N4O6/c1-3-11-4-6-13(7-5-11)20-17(24)18(25)21-19-10-12-8-14(22(26)27)16(23)15(9-12)28-2/h4-10,23H,3H2,1-2H3,(H,20,24)(H,21,25)/p-1/b19-10-. The number of carbonyl (C=O) groups is 2. The van der Waals surface area contributed by atoms with Crippen LogP contribution in [0, 0.1) is 10.1 Å². The van der Waals surface area contributed by atoms with Gasteiger partial charge < -0.3 is 15.2 Å². The molecule has 0 bridgehead atoms. The molecule has 0 unspecified atom stereocenters. The summed E-state index contributed by atoms with van der Waals surface area (Å²) in [5.74, 6) is -3.07. The molecule has 0 aliphatic carbocycles. The molecule has 0 saturated carbocycles. The van der Waals surface area contributed by atoms with Gasteiger partial charge in [0.25, 0.3) is 5.69 Å². The fourth-order valence-corrected chi connectivity index (χ4v) is 2.20. The van der Waals surface area contributed by atoms with Crippen LogP contribution in [0.1, 0.15) is 18.1 Å². The van der Waals surface area contributed by atoms with Crippen molar-refractivity contribution in [3.8, 4) is 11.5 Å². The van der Waals surface area contributed by atoms with Crippen molar-refractivity contribution < 1.29 is 24.4 Å². The highest BCUT2D eigenvalue weighted by atomic mass is 16.6. The van der Waals surface area contributed by atoms with Gasteiger partial charge in [0.2, 0.25) is 0 Å². The quantitative estimate of drug-likeness (QED) is 0.332. The van der Waals surface area contributed by atoms with Crippen molar-refractivity contribution in [3.63, 3.8) is 0 Å². The Hall–Kier alpha value is -3.95. The molecule has 2 N–H and O–H groups in total. The first-order chi connectivity index (χ1) is 13.3. The summed E-state index contributed by atoms with van der Waals surface area (Å²) in [5.41, 5.74) is 2.98. The van der Waals surface area contributed by atoms with Gasteiger partial charge in [0.05, 0.1) is 18.2 Å². The number of nitro groups is 1. The van der Waals surface area contributed by atoms with E-state index in [0.717, 1.165) is 24.3 Å². The number of benzene rings is 2. The molecule has 0 heterocycles. The van der Waals surface area contributed by atoms with Crippen LogP contribution < -0.4 is 20.6 Å². The highest BCUT2D eigenvalue weighted by Gasteiger charge is 2.14. The smallest absolute Gasteiger partial charge is 0.329 e. The number of aryl methyl sites for hydroxylation is 1. The van der Waals surface area contributed by atoms with Crippen LogP contribution in [-0.4, -0.2) is 30.1 Å². The van der Waals surface area contributed by atoms with Crippen molar-refractivity contribution in [1.82, 2.24) is 5.43 Å². The third-order valence-corrected chi connectivity index (χ3v) is 3.68. The van der Waals surface area contributed by atoms with Crippen molar-refractivity contribution in [1.29, 1.82) is 0 Å². The Labute approximate surface area is 160 Å². The molecule has 0 saturated heterocycles. The lowest BCUT2D eigenvalue weighted by Crippen LogP contribution is -2.32. The van der Waals surface area contributed by atoms with Gasteiger partial charge in [-0.25, -0.2) is 5.43 Å². The Morgan fingerprint density at radius 2 is 1.89 bits per heavy atom.